The van der Waals surface area contributed by atoms with Gasteiger partial charge in [0.25, 0.3) is 0 Å². The fourth-order valence-corrected chi connectivity index (χ4v) is 3.39. The number of hydrogen-bond donors (Lipinski definition) is 1. The average Bonchev–Trinajstić information content (AvgIpc) is 2.61. The van der Waals surface area contributed by atoms with Gasteiger partial charge in [0, 0.05) is 15.4 Å². The zero-order valence-electron chi connectivity index (χ0n) is 10.4. The summed E-state index contributed by atoms with van der Waals surface area (Å²) in [5.74, 6) is 0.799. The summed E-state index contributed by atoms with van der Waals surface area (Å²) in [6, 6.07) is 2.77. The Balaban J connectivity index is 2.47. The van der Waals surface area contributed by atoms with E-state index >= 15 is 0 Å². The van der Waals surface area contributed by atoms with Gasteiger partial charge in [0.2, 0.25) is 0 Å². The quantitative estimate of drug-likeness (QED) is 0.784. The Labute approximate surface area is 112 Å². The minimum atomic E-state index is 0.627. The number of likely N-dealkylation sites (N-methyl/N-ethyl adjacent to an activating group) is 1. The van der Waals surface area contributed by atoms with Crippen molar-refractivity contribution in [3.63, 3.8) is 0 Å². The van der Waals surface area contributed by atoms with Crippen LogP contribution in [-0.2, 0) is 6.42 Å². The van der Waals surface area contributed by atoms with E-state index in [0.717, 1.165) is 18.9 Å². The van der Waals surface area contributed by atoms with E-state index in [2.05, 4.69) is 53.5 Å². The molecule has 1 unspecified atom stereocenters. The van der Waals surface area contributed by atoms with E-state index in [4.69, 9.17) is 0 Å². The molecule has 16 heavy (non-hydrogen) atoms. The summed E-state index contributed by atoms with van der Waals surface area (Å²) in [6.45, 7) is 7.84. The van der Waals surface area contributed by atoms with Gasteiger partial charge < -0.3 is 5.32 Å². The minimum absolute atomic E-state index is 0.627. The van der Waals surface area contributed by atoms with Crippen LogP contribution in [0.2, 0.25) is 0 Å². The van der Waals surface area contributed by atoms with Gasteiger partial charge >= 0.3 is 0 Å². The SMILES string of the molecule is CCNC(CCC(C)C)Cc1sccc1Br. The maximum atomic E-state index is 3.61. The average molecular weight is 304 g/mol. The van der Waals surface area contributed by atoms with Crippen LogP contribution in [0, 0.1) is 5.92 Å². The zero-order valence-corrected chi connectivity index (χ0v) is 12.8. The lowest BCUT2D eigenvalue weighted by Crippen LogP contribution is -2.31. The third-order valence-corrected chi connectivity index (χ3v) is 4.66. The Hall–Kier alpha value is 0.140. The molecule has 0 fully saturated rings. The van der Waals surface area contributed by atoms with Crippen LogP contribution in [0.15, 0.2) is 15.9 Å². The first kappa shape index (κ1) is 14.2. The molecular weight excluding hydrogens is 282 g/mol. The Morgan fingerprint density at radius 3 is 2.62 bits per heavy atom. The van der Waals surface area contributed by atoms with Crippen molar-refractivity contribution in [2.45, 2.75) is 46.1 Å². The Morgan fingerprint density at radius 1 is 1.38 bits per heavy atom. The molecule has 1 atom stereocenters. The van der Waals surface area contributed by atoms with Crippen molar-refractivity contribution < 1.29 is 0 Å². The zero-order chi connectivity index (χ0) is 12.0. The smallest absolute Gasteiger partial charge is 0.0314 e. The summed E-state index contributed by atoms with van der Waals surface area (Å²) >= 11 is 5.46. The molecule has 0 radical (unpaired) electrons. The van der Waals surface area contributed by atoms with Gasteiger partial charge in [-0.3, -0.25) is 0 Å². The van der Waals surface area contributed by atoms with E-state index in [0.29, 0.717) is 6.04 Å². The van der Waals surface area contributed by atoms with Crippen molar-refractivity contribution in [1.29, 1.82) is 0 Å². The number of rotatable bonds is 7. The molecule has 0 bridgehead atoms. The molecule has 92 valence electrons. The summed E-state index contributed by atoms with van der Waals surface area (Å²) < 4.78 is 1.27. The molecule has 1 nitrogen and oxygen atoms in total. The van der Waals surface area contributed by atoms with Crippen LogP contribution >= 0.6 is 27.3 Å². The second-order valence-corrected chi connectivity index (χ2v) is 6.48. The largest absolute Gasteiger partial charge is 0.314 e. The van der Waals surface area contributed by atoms with Gasteiger partial charge in [0.05, 0.1) is 0 Å². The van der Waals surface area contributed by atoms with Crippen LogP contribution in [0.1, 0.15) is 38.5 Å². The molecule has 1 heterocycles. The molecule has 0 aliphatic carbocycles. The van der Waals surface area contributed by atoms with Gasteiger partial charge in [-0.15, -0.1) is 11.3 Å². The van der Waals surface area contributed by atoms with Crippen LogP contribution in [0.3, 0.4) is 0 Å². The molecule has 0 spiro atoms. The molecule has 1 rings (SSSR count). The summed E-state index contributed by atoms with van der Waals surface area (Å²) in [4.78, 5) is 1.47. The van der Waals surface area contributed by atoms with Crippen molar-refractivity contribution in [3.8, 4) is 0 Å². The van der Waals surface area contributed by atoms with Crippen LogP contribution in [0.4, 0.5) is 0 Å². The number of nitrogens with one attached hydrogen (secondary N) is 1. The van der Waals surface area contributed by atoms with Gasteiger partial charge in [-0.05, 0) is 59.1 Å². The van der Waals surface area contributed by atoms with E-state index in [1.807, 2.05) is 11.3 Å². The van der Waals surface area contributed by atoms with E-state index in [9.17, 15) is 0 Å². The maximum absolute atomic E-state index is 3.61. The Morgan fingerprint density at radius 2 is 2.12 bits per heavy atom. The van der Waals surface area contributed by atoms with Gasteiger partial charge in [0.15, 0.2) is 0 Å². The van der Waals surface area contributed by atoms with Gasteiger partial charge in [0.1, 0.15) is 0 Å². The van der Waals surface area contributed by atoms with E-state index in [-0.39, 0.29) is 0 Å². The topological polar surface area (TPSA) is 12.0 Å². The summed E-state index contributed by atoms with van der Waals surface area (Å²) in [6.07, 6.45) is 3.73. The molecule has 3 heteroatoms. The highest BCUT2D eigenvalue weighted by Crippen LogP contribution is 2.25. The molecule has 1 aromatic rings. The van der Waals surface area contributed by atoms with Crippen LogP contribution in [-0.4, -0.2) is 12.6 Å². The summed E-state index contributed by atoms with van der Waals surface area (Å²) in [7, 11) is 0. The van der Waals surface area contributed by atoms with Gasteiger partial charge in [-0.2, -0.15) is 0 Å². The van der Waals surface area contributed by atoms with Crippen molar-refractivity contribution in [3.05, 3.63) is 20.8 Å². The fraction of sp³-hybridized carbons (Fsp3) is 0.692. The molecule has 1 N–H and O–H groups in total. The molecule has 1 aromatic heterocycles. The highest BCUT2D eigenvalue weighted by atomic mass is 79.9. The molecule has 0 aliphatic heterocycles. The third-order valence-electron chi connectivity index (χ3n) is 2.71. The highest BCUT2D eigenvalue weighted by molar-refractivity contribution is 9.10. The summed E-state index contributed by atoms with van der Waals surface area (Å²) in [5.41, 5.74) is 0. The molecular formula is C13H22BrNS. The molecule has 0 aliphatic rings. The lowest BCUT2D eigenvalue weighted by Gasteiger charge is -2.18. The van der Waals surface area contributed by atoms with Crippen LogP contribution in [0.25, 0.3) is 0 Å². The van der Waals surface area contributed by atoms with Crippen LogP contribution in [0.5, 0.6) is 0 Å². The van der Waals surface area contributed by atoms with Gasteiger partial charge in [-0.1, -0.05) is 20.8 Å². The first-order valence-corrected chi connectivity index (χ1v) is 7.76. The molecule has 0 aromatic carbocycles. The highest BCUT2D eigenvalue weighted by Gasteiger charge is 2.12. The molecule has 0 saturated heterocycles. The minimum Gasteiger partial charge on any atom is -0.314 e. The monoisotopic (exact) mass is 303 g/mol. The lowest BCUT2D eigenvalue weighted by molar-refractivity contribution is 0.436. The second kappa shape index (κ2) is 7.46. The standard InChI is InChI=1S/C13H22BrNS/c1-4-15-11(6-5-10(2)3)9-13-12(14)7-8-16-13/h7-8,10-11,15H,4-6,9H2,1-3H3. The number of hydrogen-bond acceptors (Lipinski definition) is 2. The summed E-state index contributed by atoms with van der Waals surface area (Å²) in [5, 5.41) is 5.75. The van der Waals surface area contributed by atoms with Crippen molar-refractivity contribution >= 4 is 27.3 Å². The van der Waals surface area contributed by atoms with E-state index < -0.39 is 0 Å². The maximum Gasteiger partial charge on any atom is 0.0314 e. The number of thiophene rings is 1. The third kappa shape index (κ3) is 4.98. The van der Waals surface area contributed by atoms with Crippen molar-refractivity contribution in [2.75, 3.05) is 6.54 Å². The normalized spacial score (nSPS) is 13.3. The molecule has 0 amide bonds. The Kier molecular flexibility index (Phi) is 6.62. The van der Waals surface area contributed by atoms with Crippen molar-refractivity contribution in [1.82, 2.24) is 5.32 Å². The van der Waals surface area contributed by atoms with Gasteiger partial charge in [-0.25, -0.2) is 0 Å². The van der Waals surface area contributed by atoms with E-state index in [1.165, 1.54) is 22.2 Å². The molecule has 0 saturated carbocycles. The van der Waals surface area contributed by atoms with Crippen LogP contribution < -0.4 is 5.32 Å². The first-order chi connectivity index (χ1) is 7.63. The lowest BCUT2D eigenvalue weighted by atomic mass is 10.0. The predicted octanol–water partition coefficient (Wildman–Crippen LogP) is 4.47. The van der Waals surface area contributed by atoms with E-state index in [1.54, 1.807) is 0 Å². The van der Waals surface area contributed by atoms with Crippen molar-refractivity contribution in [2.24, 2.45) is 5.92 Å². The number of halogens is 1. The second-order valence-electron chi connectivity index (χ2n) is 4.62. The Bertz CT molecular complexity index is 296. The predicted molar refractivity (Wildman–Crippen MR) is 77.3 cm³/mol. The first-order valence-electron chi connectivity index (χ1n) is 6.08. The fourth-order valence-electron chi connectivity index (χ4n) is 1.79.